The van der Waals surface area contributed by atoms with E-state index < -0.39 is 0 Å². The number of hydrogen-bond donors (Lipinski definition) is 1. The minimum Gasteiger partial charge on any atom is -0.392 e. The van der Waals surface area contributed by atoms with E-state index in [4.69, 9.17) is 4.52 Å². The highest BCUT2D eigenvalue weighted by Crippen LogP contribution is 2.42. The highest BCUT2D eigenvalue weighted by Gasteiger charge is 2.34. The fourth-order valence-corrected chi connectivity index (χ4v) is 5.34. The monoisotopic (exact) mass is 286 g/mol. The number of aliphatic hydroxyl groups is 1. The summed E-state index contributed by atoms with van der Waals surface area (Å²) in [6, 6.07) is 0. The number of aliphatic hydroxyl groups excluding tert-OH is 1. The molecule has 1 N–H and O–H groups in total. The summed E-state index contributed by atoms with van der Waals surface area (Å²) in [4.78, 5) is 4.54. The second-order valence-corrected chi connectivity index (χ2v) is 7.70. The zero-order valence-corrected chi connectivity index (χ0v) is 12.0. The Balaban J connectivity index is 1.76. The summed E-state index contributed by atoms with van der Waals surface area (Å²) in [7, 11) is 0. The van der Waals surface area contributed by atoms with E-state index in [1.807, 2.05) is 23.5 Å². The van der Waals surface area contributed by atoms with Crippen molar-refractivity contribution in [2.24, 2.45) is 0 Å². The maximum atomic E-state index is 9.88. The smallest absolute Gasteiger partial charge is 0.232 e. The Morgan fingerprint density at radius 2 is 2.11 bits per heavy atom. The first-order valence-electron chi connectivity index (χ1n) is 6.50. The highest BCUT2D eigenvalue weighted by atomic mass is 32.2. The molecule has 0 bridgehead atoms. The van der Waals surface area contributed by atoms with Crippen LogP contribution in [0.15, 0.2) is 4.52 Å². The fourth-order valence-electron chi connectivity index (χ4n) is 2.66. The molecule has 2 heterocycles. The van der Waals surface area contributed by atoms with Crippen molar-refractivity contribution in [3.63, 3.8) is 0 Å². The van der Waals surface area contributed by atoms with Crippen LogP contribution >= 0.6 is 23.5 Å². The van der Waals surface area contributed by atoms with Gasteiger partial charge in [-0.05, 0) is 19.3 Å². The van der Waals surface area contributed by atoms with Crippen molar-refractivity contribution in [2.45, 2.75) is 48.7 Å². The van der Waals surface area contributed by atoms with E-state index in [0.717, 1.165) is 30.8 Å². The zero-order valence-electron chi connectivity index (χ0n) is 10.4. The SMILES string of the molecule is CC1SCCSC1c1noc(C2CCCC2O)n1. The average Bonchev–Trinajstić information content (AvgIpc) is 2.98. The molecule has 1 saturated heterocycles. The molecule has 0 spiro atoms. The Labute approximate surface area is 115 Å². The zero-order chi connectivity index (χ0) is 12.5. The molecule has 1 aliphatic carbocycles. The Bertz CT molecular complexity index is 413. The molecule has 6 heteroatoms. The van der Waals surface area contributed by atoms with Crippen LogP contribution in [0.3, 0.4) is 0 Å². The van der Waals surface area contributed by atoms with Gasteiger partial charge in [0.2, 0.25) is 5.89 Å². The van der Waals surface area contributed by atoms with Crippen LogP contribution in [0.5, 0.6) is 0 Å². The van der Waals surface area contributed by atoms with Crippen molar-refractivity contribution in [3.8, 4) is 0 Å². The number of rotatable bonds is 2. The van der Waals surface area contributed by atoms with Crippen molar-refractivity contribution in [1.29, 1.82) is 0 Å². The predicted octanol–water partition coefficient (Wildman–Crippen LogP) is 2.61. The lowest BCUT2D eigenvalue weighted by Gasteiger charge is -2.24. The molecule has 4 atom stereocenters. The summed E-state index contributed by atoms with van der Waals surface area (Å²) in [5.74, 6) is 3.86. The van der Waals surface area contributed by atoms with E-state index in [0.29, 0.717) is 16.4 Å². The van der Waals surface area contributed by atoms with Crippen molar-refractivity contribution < 1.29 is 9.63 Å². The van der Waals surface area contributed by atoms with Gasteiger partial charge in [0.1, 0.15) is 0 Å². The standard InChI is InChI=1S/C12H18N2O2S2/c1-7-10(18-6-5-17-7)11-13-12(16-14-11)8-3-2-4-9(8)15/h7-10,15H,2-6H2,1H3. The molecule has 1 saturated carbocycles. The molecule has 18 heavy (non-hydrogen) atoms. The van der Waals surface area contributed by atoms with E-state index in [-0.39, 0.29) is 12.0 Å². The summed E-state index contributed by atoms with van der Waals surface area (Å²) in [6.45, 7) is 2.22. The summed E-state index contributed by atoms with van der Waals surface area (Å²) < 4.78 is 5.38. The third kappa shape index (κ3) is 2.42. The molecular weight excluding hydrogens is 268 g/mol. The van der Waals surface area contributed by atoms with Crippen LogP contribution in [0.2, 0.25) is 0 Å². The van der Waals surface area contributed by atoms with Crippen molar-refractivity contribution in [2.75, 3.05) is 11.5 Å². The number of thioether (sulfide) groups is 2. The summed E-state index contributed by atoms with van der Waals surface area (Å²) in [6.07, 6.45) is 2.57. The fraction of sp³-hybridized carbons (Fsp3) is 0.833. The lowest BCUT2D eigenvalue weighted by atomic mass is 10.1. The normalized spacial score (nSPS) is 37.0. The predicted molar refractivity (Wildman–Crippen MR) is 74.0 cm³/mol. The molecule has 3 rings (SSSR count). The lowest BCUT2D eigenvalue weighted by Crippen LogP contribution is -2.17. The first kappa shape index (κ1) is 12.8. The van der Waals surface area contributed by atoms with Gasteiger partial charge in [0, 0.05) is 16.8 Å². The molecule has 4 unspecified atom stereocenters. The molecule has 1 aliphatic heterocycles. The quantitative estimate of drug-likeness (QED) is 0.902. The molecule has 1 aromatic heterocycles. The average molecular weight is 286 g/mol. The highest BCUT2D eigenvalue weighted by molar-refractivity contribution is 8.06. The van der Waals surface area contributed by atoms with Gasteiger partial charge in [0.05, 0.1) is 17.3 Å². The van der Waals surface area contributed by atoms with Gasteiger partial charge in [0.15, 0.2) is 5.82 Å². The molecular formula is C12H18N2O2S2. The summed E-state index contributed by atoms with van der Waals surface area (Å²) in [5, 5.41) is 14.9. The van der Waals surface area contributed by atoms with E-state index in [1.165, 1.54) is 5.75 Å². The Morgan fingerprint density at radius 3 is 2.83 bits per heavy atom. The molecule has 2 fully saturated rings. The summed E-state index contributed by atoms with van der Waals surface area (Å²) in [5.41, 5.74) is 0. The molecule has 1 aromatic rings. The van der Waals surface area contributed by atoms with Gasteiger partial charge in [-0.15, -0.1) is 11.8 Å². The molecule has 0 amide bonds. The van der Waals surface area contributed by atoms with Gasteiger partial charge >= 0.3 is 0 Å². The Morgan fingerprint density at radius 1 is 1.28 bits per heavy atom. The van der Waals surface area contributed by atoms with Crippen molar-refractivity contribution >= 4 is 23.5 Å². The van der Waals surface area contributed by atoms with Gasteiger partial charge in [-0.25, -0.2) is 0 Å². The second-order valence-electron chi connectivity index (χ2n) is 4.96. The third-order valence-corrected chi connectivity index (χ3v) is 6.78. The van der Waals surface area contributed by atoms with Crippen LogP contribution in [0.25, 0.3) is 0 Å². The topological polar surface area (TPSA) is 59.2 Å². The number of nitrogens with zero attached hydrogens (tertiary/aromatic N) is 2. The van der Waals surface area contributed by atoms with Crippen LogP contribution < -0.4 is 0 Å². The molecule has 0 aromatic carbocycles. The first-order chi connectivity index (χ1) is 8.75. The van der Waals surface area contributed by atoms with Gasteiger partial charge in [-0.1, -0.05) is 12.1 Å². The van der Waals surface area contributed by atoms with Crippen molar-refractivity contribution in [3.05, 3.63) is 11.7 Å². The van der Waals surface area contributed by atoms with E-state index in [2.05, 4.69) is 17.1 Å². The minimum atomic E-state index is -0.302. The van der Waals surface area contributed by atoms with Gasteiger partial charge in [-0.2, -0.15) is 16.7 Å². The van der Waals surface area contributed by atoms with Crippen molar-refractivity contribution in [1.82, 2.24) is 10.1 Å². The van der Waals surface area contributed by atoms with E-state index in [1.54, 1.807) is 0 Å². The first-order valence-corrected chi connectivity index (χ1v) is 8.60. The summed E-state index contributed by atoms with van der Waals surface area (Å²) >= 11 is 3.88. The van der Waals surface area contributed by atoms with Crippen LogP contribution in [0, 0.1) is 0 Å². The number of hydrogen-bond acceptors (Lipinski definition) is 6. The Kier molecular flexibility index (Phi) is 3.86. The van der Waals surface area contributed by atoms with E-state index in [9.17, 15) is 5.11 Å². The largest absolute Gasteiger partial charge is 0.392 e. The Hall–Kier alpha value is -0.200. The van der Waals surface area contributed by atoms with Gasteiger partial charge < -0.3 is 9.63 Å². The maximum Gasteiger partial charge on any atom is 0.232 e. The van der Waals surface area contributed by atoms with Gasteiger partial charge in [-0.3, -0.25) is 0 Å². The lowest BCUT2D eigenvalue weighted by molar-refractivity contribution is 0.148. The van der Waals surface area contributed by atoms with Gasteiger partial charge in [0.25, 0.3) is 0 Å². The van der Waals surface area contributed by atoms with Crippen LogP contribution in [0.4, 0.5) is 0 Å². The van der Waals surface area contributed by atoms with E-state index >= 15 is 0 Å². The minimum absolute atomic E-state index is 0.0581. The van der Waals surface area contributed by atoms with Crippen LogP contribution in [0.1, 0.15) is 49.1 Å². The maximum absolute atomic E-state index is 9.88. The van der Waals surface area contributed by atoms with Crippen LogP contribution in [-0.4, -0.2) is 38.1 Å². The molecule has 2 aliphatic rings. The molecule has 0 radical (unpaired) electrons. The third-order valence-electron chi connectivity index (χ3n) is 3.70. The molecule has 100 valence electrons. The second kappa shape index (κ2) is 5.43. The number of aromatic nitrogens is 2. The van der Waals surface area contributed by atoms with Crippen LogP contribution in [-0.2, 0) is 0 Å². The molecule has 4 nitrogen and oxygen atoms in total.